The molecule has 0 nitrogen and oxygen atoms in total. The molecule has 8 heteroatoms. The first-order valence-electron chi connectivity index (χ1n) is 12.0. The Morgan fingerprint density at radius 1 is 0.312 bits per heavy atom. The number of rotatable bonds is 18. The van der Waals surface area contributed by atoms with Crippen LogP contribution in [-0.4, -0.2) is 34.5 Å². The molecule has 209 valence electrons. The van der Waals surface area contributed by atoms with Gasteiger partial charge in [-0.3, -0.25) is 0 Å². The van der Waals surface area contributed by atoms with Crippen molar-refractivity contribution in [3.8, 4) is 0 Å². The van der Waals surface area contributed by atoms with Crippen molar-refractivity contribution in [1.29, 1.82) is 0 Å². The summed E-state index contributed by atoms with van der Waals surface area (Å²) in [4.78, 5) is 0. The van der Waals surface area contributed by atoms with Gasteiger partial charge in [0.25, 0.3) is 0 Å². The van der Waals surface area contributed by atoms with Crippen LogP contribution in [0, 0.1) is 0 Å². The zero-order valence-electron chi connectivity index (χ0n) is 21.9. The average molecular weight is 688 g/mol. The van der Waals surface area contributed by atoms with Gasteiger partial charge in [0.05, 0.1) is 0 Å². The monoisotopic (exact) mass is 685 g/mol. The fraction of sp³-hybridized carbons (Fsp3) is 1.00. The molecule has 0 aromatic rings. The predicted molar refractivity (Wildman–Crippen MR) is 170 cm³/mol. The topological polar surface area (TPSA) is 0 Å². The van der Waals surface area contributed by atoms with Gasteiger partial charge < -0.3 is 0 Å². The quantitative estimate of drug-likeness (QED) is 0.104. The number of halogens is 4. The minimum absolute atomic E-state index is 0. The first kappa shape index (κ1) is 55.4. The molecular weight excluding hydrogens is 629 g/mol. The van der Waals surface area contributed by atoms with Gasteiger partial charge in [-0.15, -0.1) is 49.6 Å². The van der Waals surface area contributed by atoms with Crippen LogP contribution in [0.4, 0.5) is 0 Å². The minimum Gasteiger partial charge on any atom is -0.162 e. The molecule has 0 aromatic heterocycles. The van der Waals surface area contributed by atoms with Crippen molar-refractivity contribution in [2.45, 2.75) is 119 Å². The molecule has 0 aliphatic carbocycles. The molecule has 0 spiro atoms. The van der Waals surface area contributed by atoms with Crippen LogP contribution in [0.1, 0.15) is 119 Å². The third-order valence-corrected chi connectivity index (χ3v) is 7.32. The van der Waals surface area contributed by atoms with Crippen LogP contribution in [0.15, 0.2) is 0 Å². The second-order valence-electron chi connectivity index (χ2n) is 6.96. The van der Waals surface area contributed by atoms with Gasteiger partial charge in [-0.05, 0) is 73.0 Å². The maximum Gasteiger partial charge on any atom is 0 e. The molecule has 1 radical (unpaired) electrons. The van der Waals surface area contributed by atoms with Crippen molar-refractivity contribution >= 4 is 84.9 Å². The molecule has 32 heavy (non-hydrogen) atoms. The van der Waals surface area contributed by atoms with Gasteiger partial charge >= 0.3 is 0 Å². The van der Waals surface area contributed by atoms with Gasteiger partial charge in [0.15, 0.2) is 0 Å². The van der Waals surface area contributed by atoms with E-state index in [0.29, 0.717) is 0 Å². The summed E-state index contributed by atoms with van der Waals surface area (Å²) in [6, 6.07) is 0. The molecule has 0 N–H and O–H groups in total. The Balaban J connectivity index is -0.0000000417. The molecule has 0 rings (SSSR count). The zero-order chi connectivity index (χ0) is 20.8. The first-order chi connectivity index (χ1) is 13.2. The van der Waals surface area contributed by atoms with Gasteiger partial charge in [0.2, 0.25) is 0 Å². The summed E-state index contributed by atoms with van der Waals surface area (Å²) >= 11 is 6.31. The van der Waals surface area contributed by atoms with E-state index in [9.17, 15) is 0 Å². The van der Waals surface area contributed by atoms with Gasteiger partial charge in [-0.1, -0.05) is 80.1 Å². The summed E-state index contributed by atoms with van der Waals surface area (Å²) in [5.41, 5.74) is 0. The van der Waals surface area contributed by atoms with E-state index >= 15 is 0 Å². The van der Waals surface area contributed by atoms with E-state index in [1.54, 1.807) is 0 Å². The molecule has 0 aliphatic rings. The van der Waals surface area contributed by atoms with Crippen molar-refractivity contribution in [3.05, 3.63) is 0 Å². The smallest absolute Gasteiger partial charge is 0 e. The van der Waals surface area contributed by atoms with Crippen molar-refractivity contribution in [1.82, 2.24) is 0 Å². The van der Waals surface area contributed by atoms with Crippen molar-refractivity contribution in [2.24, 2.45) is 0 Å². The Morgan fingerprint density at radius 3 is 0.531 bits per heavy atom. The summed E-state index contributed by atoms with van der Waals surface area (Å²) < 4.78 is 0. The van der Waals surface area contributed by atoms with Crippen LogP contribution < -0.4 is 0 Å². The molecule has 0 fully saturated rings. The Hall–Kier alpha value is 2.83. The normalized spacial score (nSPS) is 8.44. The molecule has 0 heterocycles. The van der Waals surface area contributed by atoms with E-state index in [1.165, 1.54) is 112 Å². The number of thioether (sulfide) groups is 3. The maximum atomic E-state index is 2.25. The second kappa shape index (κ2) is 64.2. The van der Waals surface area contributed by atoms with E-state index in [-0.39, 0.29) is 69.1 Å². The standard InChI is InChI=1S/3C8H18S.4ClH.Rh/c3*1-3-5-7-9-8-6-4-2;;;;;/h3*3-8H2,1-2H3;4*1H;. The van der Waals surface area contributed by atoms with Crippen LogP contribution in [-0.2, 0) is 19.5 Å². The molecule has 0 atom stereocenters. The van der Waals surface area contributed by atoms with E-state index < -0.39 is 0 Å². The molecule has 0 aromatic carbocycles. The van der Waals surface area contributed by atoms with E-state index in [2.05, 4.69) is 76.8 Å². The van der Waals surface area contributed by atoms with Gasteiger partial charge in [0, 0.05) is 19.5 Å². The largest absolute Gasteiger partial charge is 0.162 e. The van der Waals surface area contributed by atoms with Crippen LogP contribution >= 0.6 is 84.9 Å². The minimum atomic E-state index is 0. The Morgan fingerprint density at radius 2 is 0.438 bits per heavy atom. The Kier molecular flexibility index (Phi) is 111. The van der Waals surface area contributed by atoms with Crippen molar-refractivity contribution in [3.63, 3.8) is 0 Å². The summed E-state index contributed by atoms with van der Waals surface area (Å²) in [5.74, 6) is 8.23. The van der Waals surface area contributed by atoms with Gasteiger partial charge in [0.1, 0.15) is 0 Å². The SMILES string of the molecule is CCCCSCCCC.CCCCSCCCC.CCCCSCCCC.Cl.Cl.Cl.Cl.[Rh]. The van der Waals surface area contributed by atoms with Crippen molar-refractivity contribution in [2.75, 3.05) is 34.5 Å². The number of unbranched alkanes of at least 4 members (excludes halogenated alkanes) is 6. The fourth-order valence-corrected chi connectivity index (χ4v) is 5.35. The number of hydrogen-bond acceptors (Lipinski definition) is 3. The third-order valence-electron chi connectivity index (χ3n) is 3.85. The molecule has 0 bridgehead atoms. The zero-order valence-corrected chi connectivity index (χ0v) is 29.3. The molecule has 0 unspecified atom stereocenters. The number of hydrogen-bond donors (Lipinski definition) is 0. The molecule has 0 aliphatic heterocycles. The molecule has 0 amide bonds. The van der Waals surface area contributed by atoms with Crippen LogP contribution in [0.3, 0.4) is 0 Å². The predicted octanol–water partition coefficient (Wildman–Crippen LogP) is 11.6. The van der Waals surface area contributed by atoms with Crippen molar-refractivity contribution < 1.29 is 19.5 Å². The fourth-order valence-electron chi connectivity index (χ4n) is 1.78. The molecule has 0 saturated carbocycles. The molecule has 0 saturated heterocycles. The second-order valence-corrected chi connectivity index (χ2v) is 10.6. The molecular formula is C24H58Cl4RhS3. The summed E-state index contributed by atoms with van der Waals surface area (Å²) in [7, 11) is 0. The van der Waals surface area contributed by atoms with Crippen LogP contribution in [0.5, 0.6) is 0 Å². The van der Waals surface area contributed by atoms with Gasteiger partial charge in [-0.25, -0.2) is 0 Å². The van der Waals surface area contributed by atoms with Crippen LogP contribution in [0.25, 0.3) is 0 Å². The maximum absolute atomic E-state index is 2.25. The van der Waals surface area contributed by atoms with Crippen LogP contribution in [0.2, 0.25) is 0 Å². The van der Waals surface area contributed by atoms with Gasteiger partial charge in [-0.2, -0.15) is 35.3 Å². The summed E-state index contributed by atoms with van der Waals surface area (Å²) in [6.07, 6.45) is 16.5. The van der Waals surface area contributed by atoms with E-state index in [4.69, 9.17) is 0 Å². The Bertz CT molecular complexity index is 170. The Labute approximate surface area is 255 Å². The van der Waals surface area contributed by atoms with E-state index in [0.717, 1.165) is 0 Å². The third kappa shape index (κ3) is 76.7. The average Bonchev–Trinajstić information content (AvgIpc) is 2.69. The first-order valence-corrected chi connectivity index (χ1v) is 15.4. The summed E-state index contributed by atoms with van der Waals surface area (Å²) in [5, 5.41) is 0. The summed E-state index contributed by atoms with van der Waals surface area (Å²) in [6.45, 7) is 13.5. The van der Waals surface area contributed by atoms with E-state index in [1.807, 2.05) is 0 Å².